The monoisotopic (exact) mass is 602 g/mol. The zero-order valence-electron chi connectivity index (χ0n) is 26.3. The molecule has 0 radical (unpaired) electrons. The molecular formula is C45H34N2. The Morgan fingerprint density at radius 1 is 0.319 bits per heavy atom. The maximum atomic E-state index is 2.42. The van der Waals surface area contributed by atoms with Crippen LogP contribution in [0.2, 0.25) is 0 Å². The largest absolute Gasteiger partial charge is 0.311 e. The summed E-state index contributed by atoms with van der Waals surface area (Å²) in [5.41, 5.74) is 10.5. The smallest absolute Gasteiger partial charge is 0.0618 e. The van der Waals surface area contributed by atoms with Gasteiger partial charge in [-0.1, -0.05) is 133 Å². The molecule has 0 spiro atoms. The molecule has 8 rings (SSSR count). The van der Waals surface area contributed by atoms with Crippen LogP contribution in [0.4, 0.5) is 34.1 Å². The van der Waals surface area contributed by atoms with Crippen LogP contribution >= 0.6 is 0 Å². The number of rotatable bonds is 7. The van der Waals surface area contributed by atoms with E-state index in [1.807, 2.05) is 0 Å². The number of fused-ring (bicyclic) bond motifs is 2. The summed E-state index contributed by atoms with van der Waals surface area (Å²) in [4.78, 5) is 4.72. The molecule has 0 fully saturated rings. The molecular weight excluding hydrogens is 569 g/mol. The Bertz CT molecular complexity index is 2200. The number of hydrogen-bond acceptors (Lipinski definition) is 2. The van der Waals surface area contributed by atoms with Crippen molar-refractivity contribution in [3.63, 3.8) is 0 Å². The van der Waals surface area contributed by atoms with Crippen molar-refractivity contribution in [1.29, 1.82) is 0 Å². The van der Waals surface area contributed by atoms with Gasteiger partial charge in [-0.05, 0) is 89.5 Å². The second-order valence-electron chi connectivity index (χ2n) is 11.9. The summed E-state index contributed by atoms with van der Waals surface area (Å²) in [5.74, 6) is 0. The Morgan fingerprint density at radius 2 is 0.702 bits per heavy atom. The van der Waals surface area contributed by atoms with Crippen molar-refractivity contribution in [2.24, 2.45) is 0 Å². The first-order valence-corrected chi connectivity index (χ1v) is 16.1. The predicted octanol–water partition coefficient (Wildman–Crippen LogP) is 12.9. The van der Waals surface area contributed by atoms with Crippen LogP contribution in [0.1, 0.15) is 5.56 Å². The lowest BCUT2D eigenvalue weighted by Crippen LogP contribution is -2.13. The Labute approximate surface area is 276 Å². The molecule has 0 atom stereocenters. The molecule has 0 aliphatic rings. The third-order valence-corrected chi connectivity index (χ3v) is 8.84. The van der Waals surface area contributed by atoms with Gasteiger partial charge in [-0.15, -0.1) is 0 Å². The van der Waals surface area contributed by atoms with Crippen LogP contribution in [0.5, 0.6) is 0 Å². The van der Waals surface area contributed by atoms with Crippen molar-refractivity contribution < 1.29 is 0 Å². The molecule has 47 heavy (non-hydrogen) atoms. The predicted molar refractivity (Wildman–Crippen MR) is 201 cm³/mol. The van der Waals surface area contributed by atoms with E-state index >= 15 is 0 Å². The lowest BCUT2D eigenvalue weighted by atomic mass is 9.89. The standard InChI is InChI=1S/C45H34N2/c1-33-16-15-17-34(32-33)44-40-24-11-13-26-42(40)45(43-27-14-12-25-41(43)44)47(37-22-9-4-10-23-37)39-30-28-38(29-31-39)46(35-18-5-2-6-19-35)36-20-7-3-8-21-36/h2-32H,1H3. The molecule has 0 unspecified atom stereocenters. The van der Waals surface area contributed by atoms with Crippen LogP contribution in [0, 0.1) is 6.92 Å². The molecule has 0 aliphatic carbocycles. The summed E-state index contributed by atoms with van der Waals surface area (Å²) >= 11 is 0. The molecule has 0 bridgehead atoms. The van der Waals surface area contributed by atoms with E-state index in [0.29, 0.717) is 0 Å². The second-order valence-corrected chi connectivity index (χ2v) is 11.9. The molecule has 0 heterocycles. The summed E-state index contributed by atoms with van der Waals surface area (Å²) < 4.78 is 0. The third kappa shape index (κ3) is 5.30. The number of nitrogens with zero attached hydrogens (tertiary/aromatic N) is 2. The minimum absolute atomic E-state index is 1.10. The molecule has 0 saturated heterocycles. The maximum Gasteiger partial charge on any atom is 0.0618 e. The molecule has 2 nitrogen and oxygen atoms in total. The lowest BCUT2D eigenvalue weighted by Gasteiger charge is -2.30. The van der Waals surface area contributed by atoms with Crippen molar-refractivity contribution in [2.45, 2.75) is 6.92 Å². The van der Waals surface area contributed by atoms with Crippen molar-refractivity contribution >= 4 is 55.7 Å². The highest BCUT2D eigenvalue weighted by molar-refractivity contribution is 6.22. The Balaban J connectivity index is 1.36. The number of aryl methyl sites for hydroxylation is 1. The summed E-state index contributed by atoms with van der Waals surface area (Å²) in [5, 5.41) is 4.91. The average molecular weight is 603 g/mol. The zero-order valence-corrected chi connectivity index (χ0v) is 26.3. The minimum Gasteiger partial charge on any atom is -0.311 e. The van der Waals surface area contributed by atoms with Crippen molar-refractivity contribution in [3.8, 4) is 11.1 Å². The highest BCUT2D eigenvalue weighted by atomic mass is 15.2. The van der Waals surface area contributed by atoms with Crippen LogP contribution in [0.3, 0.4) is 0 Å². The summed E-state index contributed by atoms with van der Waals surface area (Å²) in [7, 11) is 0. The van der Waals surface area contributed by atoms with Crippen LogP contribution in [-0.4, -0.2) is 0 Å². The molecule has 8 aromatic rings. The van der Waals surface area contributed by atoms with E-state index in [-0.39, 0.29) is 0 Å². The fraction of sp³-hybridized carbons (Fsp3) is 0.0222. The van der Waals surface area contributed by atoms with Gasteiger partial charge >= 0.3 is 0 Å². The van der Waals surface area contributed by atoms with Gasteiger partial charge in [0.2, 0.25) is 0 Å². The molecule has 0 aliphatic heterocycles. The fourth-order valence-corrected chi connectivity index (χ4v) is 6.79. The van der Waals surface area contributed by atoms with Gasteiger partial charge in [0.1, 0.15) is 0 Å². The van der Waals surface area contributed by atoms with Crippen LogP contribution < -0.4 is 9.80 Å². The topological polar surface area (TPSA) is 6.48 Å². The van der Waals surface area contributed by atoms with Crippen molar-refractivity contribution in [2.75, 3.05) is 9.80 Å². The normalized spacial score (nSPS) is 11.1. The zero-order chi connectivity index (χ0) is 31.6. The van der Waals surface area contributed by atoms with Gasteiger partial charge in [-0.3, -0.25) is 0 Å². The molecule has 2 heteroatoms. The molecule has 0 saturated carbocycles. The quantitative estimate of drug-likeness (QED) is 0.167. The van der Waals surface area contributed by atoms with Crippen LogP contribution in [0.25, 0.3) is 32.7 Å². The number of hydrogen-bond donors (Lipinski definition) is 0. The van der Waals surface area contributed by atoms with Crippen LogP contribution in [-0.2, 0) is 0 Å². The van der Waals surface area contributed by atoms with E-state index in [1.165, 1.54) is 43.9 Å². The Morgan fingerprint density at radius 3 is 1.17 bits per heavy atom. The van der Waals surface area contributed by atoms with Gasteiger partial charge < -0.3 is 9.80 Å². The maximum absolute atomic E-state index is 2.42. The average Bonchev–Trinajstić information content (AvgIpc) is 3.13. The number of anilines is 6. The number of para-hydroxylation sites is 3. The Kier molecular flexibility index (Phi) is 7.45. The number of benzene rings is 8. The summed E-state index contributed by atoms with van der Waals surface area (Å²) in [6, 6.07) is 67.4. The van der Waals surface area contributed by atoms with E-state index in [9.17, 15) is 0 Å². The van der Waals surface area contributed by atoms with Crippen molar-refractivity contribution in [1.82, 2.24) is 0 Å². The highest BCUT2D eigenvalue weighted by Gasteiger charge is 2.22. The Hall–Kier alpha value is -6.12. The van der Waals surface area contributed by atoms with Gasteiger partial charge in [0, 0.05) is 39.2 Å². The van der Waals surface area contributed by atoms with E-state index in [1.54, 1.807) is 0 Å². The van der Waals surface area contributed by atoms with Crippen molar-refractivity contribution in [3.05, 3.63) is 194 Å². The van der Waals surface area contributed by atoms with E-state index < -0.39 is 0 Å². The molecule has 0 amide bonds. The third-order valence-electron chi connectivity index (χ3n) is 8.84. The first-order valence-electron chi connectivity index (χ1n) is 16.1. The SMILES string of the molecule is Cc1cccc(-c2c3ccccc3c(N(c3ccccc3)c3ccc(N(c4ccccc4)c4ccccc4)cc3)c3ccccc23)c1. The minimum atomic E-state index is 1.10. The lowest BCUT2D eigenvalue weighted by molar-refractivity contribution is 1.26. The first kappa shape index (κ1) is 28.4. The summed E-state index contributed by atoms with van der Waals surface area (Å²) in [6.07, 6.45) is 0. The second kappa shape index (κ2) is 12.3. The molecule has 0 aromatic heterocycles. The van der Waals surface area contributed by atoms with E-state index in [4.69, 9.17) is 0 Å². The molecule has 8 aromatic carbocycles. The van der Waals surface area contributed by atoms with Gasteiger partial charge in [-0.25, -0.2) is 0 Å². The first-order chi connectivity index (χ1) is 23.3. The molecule has 0 N–H and O–H groups in total. The van der Waals surface area contributed by atoms with Gasteiger partial charge in [0.05, 0.1) is 5.69 Å². The van der Waals surface area contributed by atoms with Gasteiger partial charge in [0.25, 0.3) is 0 Å². The molecule has 224 valence electrons. The van der Waals surface area contributed by atoms with Crippen LogP contribution in [0.15, 0.2) is 188 Å². The van der Waals surface area contributed by atoms with E-state index in [2.05, 4.69) is 205 Å². The highest BCUT2D eigenvalue weighted by Crippen LogP contribution is 2.48. The van der Waals surface area contributed by atoms with E-state index in [0.717, 1.165) is 28.4 Å². The van der Waals surface area contributed by atoms with Gasteiger partial charge in [0.15, 0.2) is 0 Å². The fourth-order valence-electron chi connectivity index (χ4n) is 6.79. The van der Waals surface area contributed by atoms with Gasteiger partial charge in [-0.2, -0.15) is 0 Å². The summed E-state index contributed by atoms with van der Waals surface area (Å²) in [6.45, 7) is 2.17.